The molecule has 4 rings (SSSR count). The second kappa shape index (κ2) is 7.37. The number of aryl methyl sites for hydroxylation is 1. The molecule has 1 amide bonds. The lowest BCUT2D eigenvalue weighted by Gasteiger charge is -2.23. The van der Waals surface area contributed by atoms with Gasteiger partial charge in [-0.05, 0) is 58.6 Å². The lowest BCUT2D eigenvalue weighted by Crippen LogP contribution is -2.40. The van der Waals surface area contributed by atoms with E-state index in [-0.39, 0.29) is 12.1 Å². The Bertz CT molecular complexity index is 863. The minimum atomic E-state index is -0.491. The standard InChI is InChI=1S/C21H27N5O2/c1-21(2,3)28-20(27)23-15-9-12-26(13-15)19-16-5-4-6-17(16)24-18(25-19)14-7-10-22-11-8-14/h7-8,10-11,15H,4-6,9,12-13H2,1-3H3,(H,23,27)/t15-/m0/s1. The molecule has 1 fully saturated rings. The van der Waals surface area contributed by atoms with Gasteiger partial charge < -0.3 is 15.0 Å². The van der Waals surface area contributed by atoms with Gasteiger partial charge in [-0.15, -0.1) is 0 Å². The van der Waals surface area contributed by atoms with Crippen molar-refractivity contribution in [3.8, 4) is 11.4 Å². The molecule has 2 aliphatic rings. The van der Waals surface area contributed by atoms with Gasteiger partial charge in [0.15, 0.2) is 5.82 Å². The summed E-state index contributed by atoms with van der Waals surface area (Å²) in [6.07, 6.45) is 7.18. The fraction of sp³-hybridized carbons (Fsp3) is 0.524. The smallest absolute Gasteiger partial charge is 0.407 e. The normalized spacial score (nSPS) is 18.8. The number of carbonyl (C=O) groups is 1. The zero-order valence-electron chi connectivity index (χ0n) is 16.7. The summed E-state index contributed by atoms with van der Waals surface area (Å²) in [4.78, 5) is 28.2. The number of carbonyl (C=O) groups excluding carboxylic acids is 1. The number of aromatic nitrogens is 3. The molecule has 7 heteroatoms. The first-order valence-corrected chi connectivity index (χ1v) is 9.94. The van der Waals surface area contributed by atoms with Crippen LogP contribution in [0.1, 0.15) is 44.9 Å². The second-order valence-corrected chi connectivity index (χ2v) is 8.46. The molecule has 1 aliphatic heterocycles. The first-order chi connectivity index (χ1) is 13.4. The molecule has 2 aromatic rings. The van der Waals surface area contributed by atoms with Crippen LogP contribution < -0.4 is 10.2 Å². The van der Waals surface area contributed by atoms with Crippen LogP contribution in [0.5, 0.6) is 0 Å². The Morgan fingerprint density at radius 3 is 2.75 bits per heavy atom. The van der Waals surface area contributed by atoms with E-state index in [2.05, 4.69) is 15.2 Å². The maximum atomic E-state index is 12.1. The third-order valence-electron chi connectivity index (χ3n) is 5.06. The topological polar surface area (TPSA) is 80.2 Å². The van der Waals surface area contributed by atoms with E-state index >= 15 is 0 Å². The van der Waals surface area contributed by atoms with Crippen molar-refractivity contribution in [2.24, 2.45) is 0 Å². The fourth-order valence-corrected chi connectivity index (χ4v) is 3.85. The first-order valence-electron chi connectivity index (χ1n) is 9.94. The molecule has 1 atom stereocenters. The van der Waals surface area contributed by atoms with E-state index in [1.807, 2.05) is 32.9 Å². The highest BCUT2D eigenvalue weighted by molar-refractivity contribution is 5.68. The molecule has 1 aliphatic carbocycles. The highest BCUT2D eigenvalue weighted by Gasteiger charge is 2.30. The van der Waals surface area contributed by atoms with Gasteiger partial charge in [0, 0.05) is 42.3 Å². The van der Waals surface area contributed by atoms with Gasteiger partial charge in [0.2, 0.25) is 0 Å². The Labute approximate surface area is 165 Å². The van der Waals surface area contributed by atoms with Crippen molar-refractivity contribution in [1.82, 2.24) is 20.3 Å². The quantitative estimate of drug-likeness (QED) is 0.880. The maximum Gasteiger partial charge on any atom is 0.407 e. The number of hydrogen-bond donors (Lipinski definition) is 1. The summed E-state index contributed by atoms with van der Waals surface area (Å²) in [7, 11) is 0. The molecule has 0 radical (unpaired) electrons. The van der Waals surface area contributed by atoms with Gasteiger partial charge in [0.1, 0.15) is 11.4 Å². The number of nitrogens with zero attached hydrogens (tertiary/aromatic N) is 4. The average Bonchev–Trinajstić information content (AvgIpc) is 3.29. The van der Waals surface area contributed by atoms with Gasteiger partial charge in [-0.2, -0.15) is 0 Å². The van der Waals surface area contributed by atoms with E-state index in [4.69, 9.17) is 14.7 Å². The number of pyridine rings is 1. The van der Waals surface area contributed by atoms with Crippen LogP contribution in [0, 0.1) is 0 Å². The van der Waals surface area contributed by atoms with Crippen molar-refractivity contribution >= 4 is 11.9 Å². The van der Waals surface area contributed by atoms with Gasteiger partial charge in [-0.3, -0.25) is 4.98 Å². The Balaban J connectivity index is 1.53. The summed E-state index contributed by atoms with van der Waals surface area (Å²) < 4.78 is 5.39. The van der Waals surface area contributed by atoms with Crippen LogP contribution in [0.2, 0.25) is 0 Å². The molecule has 7 nitrogen and oxygen atoms in total. The molecule has 0 aromatic carbocycles. The van der Waals surface area contributed by atoms with Crippen molar-refractivity contribution in [2.45, 2.75) is 58.1 Å². The van der Waals surface area contributed by atoms with Crippen LogP contribution in [0.4, 0.5) is 10.6 Å². The highest BCUT2D eigenvalue weighted by atomic mass is 16.6. The van der Waals surface area contributed by atoms with Gasteiger partial charge >= 0.3 is 6.09 Å². The van der Waals surface area contributed by atoms with Crippen LogP contribution in [-0.4, -0.2) is 45.8 Å². The Morgan fingerprint density at radius 2 is 2.00 bits per heavy atom. The first kappa shape index (κ1) is 18.7. The van der Waals surface area contributed by atoms with Crippen LogP contribution in [0.25, 0.3) is 11.4 Å². The summed E-state index contributed by atoms with van der Waals surface area (Å²) in [5, 5.41) is 2.99. The summed E-state index contributed by atoms with van der Waals surface area (Å²) in [5.41, 5.74) is 2.90. The summed E-state index contributed by atoms with van der Waals surface area (Å²) in [6, 6.07) is 3.94. The van der Waals surface area contributed by atoms with E-state index in [1.165, 1.54) is 5.56 Å². The van der Waals surface area contributed by atoms with E-state index in [9.17, 15) is 4.79 Å². The summed E-state index contributed by atoms with van der Waals surface area (Å²) in [5.74, 6) is 1.77. The van der Waals surface area contributed by atoms with Crippen molar-refractivity contribution in [2.75, 3.05) is 18.0 Å². The molecule has 0 spiro atoms. The van der Waals surface area contributed by atoms with Gasteiger partial charge in [-0.25, -0.2) is 14.8 Å². The fourth-order valence-electron chi connectivity index (χ4n) is 3.85. The third kappa shape index (κ3) is 4.08. The Morgan fingerprint density at radius 1 is 1.21 bits per heavy atom. The molecular weight excluding hydrogens is 354 g/mol. The lowest BCUT2D eigenvalue weighted by molar-refractivity contribution is 0.0509. The molecule has 1 N–H and O–H groups in total. The number of anilines is 1. The molecule has 3 heterocycles. The largest absolute Gasteiger partial charge is 0.444 e. The zero-order chi connectivity index (χ0) is 19.7. The molecular formula is C21H27N5O2. The van der Waals surface area contributed by atoms with Crippen LogP contribution in [0.3, 0.4) is 0 Å². The van der Waals surface area contributed by atoms with E-state index < -0.39 is 5.60 Å². The molecule has 0 bridgehead atoms. The molecule has 2 aromatic heterocycles. The van der Waals surface area contributed by atoms with Gasteiger partial charge in [-0.1, -0.05) is 0 Å². The SMILES string of the molecule is CC(C)(C)OC(=O)N[C@H]1CCN(c2nc(-c3ccncc3)nc3c2CCC3)C1. The Kier molecular flexibility index (Phi) is 4.91. The van der Waals surface area contributed by atoms with Crippen molar-refractivity contribution < 1.29 is 9.53 Å². The predicted octanol–water partition coefficient (Wildman–Crippen LogP) is 3.13. The number of fused-ring (bicyclic) bond motifs is 1. The molecule has 1 saturated heterocycles. The lowest BCUT2D eigenvalue weighted by atomic mass is 10.2. The maximum absolute atomic E-state index is 12.1. The van der Waals surface area contributed by atoms with E-state index in [0.29, 0.717) is 0 Å². The Hall–Kier alpha value is -2.70. The van der Waals surface area contributed by atoms with E-state index in [1.54, 1.807) is 12.4 Å². The number of amides is 1. The van der Waals surface area contributed by atoms with Crippen molar-refractivity contribution in [1.29, 1.82) is 0 Å². The number of ether oxygens (including phenoxy) is 1. The number of hydrogen-bond acceptors (Lipinski definition) is 6. The van der Waals surface area contributed by atoms with Gasteiger partial charge in [0.25, 0.3) is 0 Å². The van der Waals surface area contributed by atoms with Crippen molar-refractivity contribution in [3.63, 3.8) is 0 Å². The summed E-state index contributed by atoms with van der Waals surface area (Å²) >= 11 is 0. The number of alkyl carbamates (subject to hydrolysis) is 1. The minimum Gasteiger partial charge on any atom is -0.444 e. The van der Waals surface area contributed by atoms with Crippen molar-refractivity contribution in [3.05, 3.63) is 35.8 Å². The van der Waals surface area contributed by atoms with Crippen LogP contribution in [-0.2, 0) is 17.6 Å². The van der Waals surface area contributed by atoms with Crippen LogP contribution in [0.15, 0.2) is 24.5 Å². The monoisotopic (exact) mass is 381 g/mol. The zero-order valence-corrected chi connectivity index (χ0v) is 16.7. The number of rotatable bonds is 3. The third-order valence-corrected chi connectivity index (χ3v) is 5.06. The molecule has 0 unspecified atom stereocenters. The highest BCUT2D eigenvalue weighted by Crippen LogP contribution is 2.33. The minimum absolute atomic E-state index is 0.0613. The summed E-state index contributed by atoms with van der Waals surface area (Å²) in [6.45, 7) is 7.22. The van der Waals surface area contributed by atoms with E-state index in [0.717, 1.165) is 61.7 Å². The molecule has 28 heavy (non-hydrogen) atoms. The number of nitrogens with one attached hydrogen (secondary N) is 1. The average molecular weight is 381 g/mol. The second-order valence-electron chi connectivity index (χ2n) is 8.46. The van der Waals surface area contributed by atoms with Crippen LogP contribution >= 0.6 is 0 Å². The molecule has 148 valence electrons. The van der Waals surface area contributed by atoms with Gasteiger partial charge in [0.05, 0.1) is 6.04 Å². The molecule has 0 saturated carbocycles. The predicted molar refractivity (Wildman–Crippen MR) is 107 cm³/mol.